The maximum absolute atomic E-state index is 13.9. The van der Waals surface area contributed by atoms with E-state index in [0.29, 0.717) is 17.9 Å². The van der Waals surface area contributed by atoms with E-state index in [4.69, 9.17) is 16.3 Å². The van der Waals surface area contributed by atoms with Crippen molar-refractivity contribution >= 4 is 55.6 Å². The fourth-order valence-corrected chi connectivity index (χ4v) is 10.0. The van der Waals surface area contributed by atoms with Crippen molar-refractivity contribution in [2.75, 3.05) is 42.9 Å². The number of imidazole rings is 1. The zero-order valence-electron chi connectivity index (χ0n) is 32.7. The average molecular weight is 850 g/mol. The SMILES string of the molecule is O=C(NS(=O)(=O)c1ccc(NCC2CCn3ccnc3C2)c([N+](=O)[O-])c1)c1ccc(N2CCN(C3CCCCc4c(Cl)cccc43)CC2)cc1Oc1cnc2[nH]ccc2c1. The molecule has 0 spiro atoms. The van der Waals surface area contributed by atoms with Gasteiger partial charge in [-0.05, 0) is 85.2 Å². The molecule has 1 amide bonds. The number of rotatable bonds is 11. The third-order valence-electron chi connectivity index (χ3n) is 11.9. The van der Waals surface area contributed by atoms with Crippen molar-refractivity contribution in [2.45, 2.75) is 56.0 Å². The number of aromatic amines is 1. The summed E-state index contributed by atoms with van der Waals surface area (Å²) in [6, 6.07) is 18.8. The number of halogens is 1. The molecule has 3 aromatic carbocycles. The van der Waals surface area contributed by atoms with Crippen molar-refractivity contribution in [1.82, 2.24) is 29.1 Å². The summed E-state index contributed by atoms with van der Waals surface area (Å²) < 4.78 is 38.0. The van der Waals surface area contributed by atoms with E-state index in [1.54, 1.807) is 36.7 Å². The smallest absolute Gasteiger partial charge is 0.293 e. The van der Waals surface area contributed by atoms with Crippen LogP contribution in [0.3, 0.4) is 0 Å². The number of aryl methyl sites for hydroxylation is 1. The number of hydrogen-bond donors (Lipinski definition) is 3. The highest BCUT2D eigenvalue weighted by Crippen LogP contribution is 2.38. The van der Waals surface area contributed by atoms with Crippen LogP contribution in [0.2, 0.25) is 5.02 Å². The maximum Gasteiger partial charge on any atom is 0.293 e. The molecule has 310 valence electrons. The number of piperazine rings is 1. The molecule has 0 saturated carbocycles. The third kappa shape index (κ3) is 8.14. The fourth-order valence-electron chi connectivity index (χ4n) is 8.76. The van der Waals surface area contributed by atoms with E-state index in [0.717, 1.165) is 99.2 Å². The first-order chi connectivity index (χ1) is 29.1. The first kappa shape index (κ1) is 39.5. The van der Waals surface area contributed by atoms with Gasteiger partial charge in [0.1, 0.15) is 28.7 Å². The first-order valence-electron chi connectivity index (χ1n) is 20.2. The number of nitro groups is 1. The first-order valence-corrected chi connectivity index (χ1v) is 22.1. The minimum Gasteiger partial charge on any atom is -0.455 e. The second-order valence-corrected chi connectivity index (χ2v) is 17.7. The fraction of sp³-hybridized carbons (Fsp3) is 0.326. The number of aromatic nitrogens is 4. The van der Waals surface area contributed by atoms with Crippen molar-refractivity contribution in [3.8, 4) is 11.5 Å². The van der Waals surface area contributed by atoms with E-state index < -0.39 is 31.4 Å². The molecule has 9 rings (SSSR count). The van der Waals surface area contributed by atoms with Crippen LogP contribution in [0.5, 0.6) is 11.5 Å². The van der Waals surface area contributed by atoms with E-state index in [-0.39, 0.29) is 29.0 Å². The number of hydrogen-bond acceptors (Lipinski definition) is 11. The van der Waals surface area contributed by atoms with E-state index in [2.05, 4.69) is 45.4 Å². The van der Waals surface area contributed by atoms with Crippen LogP contribution in [0.25, 0.3) is 11.0 Å². The monoisotopic (exact) mass is 849 g/mol. The summed E-state index contributed by atoms with van der Waals surface area (Å²) in [6.45, 7) is 4.32. The lowest BCUT2D eigenvalue weighted by atomic mass is 9.97. The van der Waals surface area contributed by atoms with Crippen molar-refractivity contribution in [3.05, 3.63) is 129 Å². The molecule has 3 aromatic heterocycles. The summed E-state index contributed by atoms with van der Waals surface area (Å²) in [6.07, 6.45) is 12.9. The van der Waals surface area contributed by atoms with Crippen LogP contribution < -0.4 is 19.7 Å². The molecule has 60 heavy (non-hydrogen) atoms. The standard InChI is InChI=1S/C43H44ClN9O6S/c44-36-6-3-5-34-33(36)4-1-2-7-38(34)51-20-18-50(19-21-51)30-8-10-35(40(24-30)59-31-23-29-12-14-46-42(29)48-27-31)43(54)49-60(57,58)32-9-11-37(39(25-32)53(55)56)47-26-28-13-16-52-17-15-45-41(52)22-28/h3,5-6,8-12,14-15,17,23-25,27-28,38,47H,1-2,4,7,13,16,18-22,26H2,(H,46,48)(H,49,54). The van der Waals surface area contributed by atoms with Gasteiger partial charge in [-0.25, -0.2) is 23.1 Å². The number of sulfonamides is 1. The molecule has 5 heterocycles. The van der Waals surface area contributed by atoms with E-state index in [1.165, 1.54) is 29.5 Å². The molecule has 1 aliphatic carbocycles. The zero-order valence-corrected chi connectivity index (χ0v) is 34.3. The number of ether oxygens (including phenoxy) is 1. The number of pyridine rings is 1. The molecule has 3 N–H and O–H groups in total. The lowest BCUT2D eigenvalue weighted by molar-refractivity contribution is -0.384. The molecule has 0 bridgehead atoms. The Kier molecular flexibility index (Phi) is 10.9. The number of amides is 1. The minimum absolute atomic E-state index is 0.0389. The molecule has 15 nitrogen and oxygen atoms in total. The number of carbonyl (C=O) groups is 1. The van der Waals surface area contributed by atoms with Crippen LogP contribution in [0, 0.1) is 16.0 Å². The number of nitro benzene ring substituents is 1. The summed E-state index contributed by atoms with van der Waals surface area (Å²) in [5.41, 5.74) is 3.76. The number of nitrogens with one attached hydrogen (secondary N) is 3. The number of carbonyl (C=O) groups excluding carboxylic acids is 1. The Hall–Kier alpha value is -5.97. The van der Waals surface area contributed by atoms with Gasteiger partial charge in [0.05, 0.1) is 21.6 Å². The van der Waals surface area contributed by atoms with Gasteiger partial charge >= 0.3 is 0 Å². The molecular formula is C43H44ClN9O6S. The molecule has 1 saturated heterocycles. The quantitative estimate of drug-likeness (QED) is 0.0668. The van der Waals surface area contributed by atoms with Crippen LogP contribution in [-0.2, 0) is 29.4 Å². The highest BCUT2D eigenvalue weighted by atomic mass is 35.5. The van der Waals surface area contributed by atoms with Crippen LogP contribution in [0.1, 0.15) is 59.0 Å². The van der Waals surface area contributed by atoms with Crippen LogP contribution in [0.15, 0.2) is 96.4 Å². The van der Waals surface area contributed by atoms with Crippen LogP contribution in [0.4, 0.5) is 17.1 Å². The predicted octanol–water partition coefficient (Wildman–Crippen LogP) is 7.50. The predicted molar refractivity (Wildman–Crippen MR) is 228 cm³/mol. The highest BCUT2D eigenvalue weighted by molar-refractivity contribution is 7.90. The van der Waals surface area contributed by atoms with Crippen molar-refractivity contribution < 1.29 is 22.9 Å². The lowest BCUT2D eigenvalue weighted by Crippen LogP contribution is -2.47. The lowest BCUT2D eigenvalue weighted by Gasteiger charge is -2.40. The molecule has 2 aliphatic heterocycles. The number of nitrogens with zero attached hydrogens (tertiary/aromatic N) is 6. The van der Waals surface area contributed by atoms with Gasteiger partial charge in [0, 0.05) is 98.6 Å². The molecule has 1 fully saturated rings. The summed E-state index contributed by atoms with van der Waals surface area (Å²) in [4.78, 5) is 41.6. The van der Waals surface area contributed by atoms with Gasteiger partial charge in [-0.15, -0.1) is 0 Å². The Bertz CT molecular complexity index is 2690. The topological polar surface area (TPSA) is 181 Å². The minimum atomic E-state index is -4.57. The van der Waals surface area contributed by atoms with Gasteiger partial charge in [0.15, 0.2) is 0 Å². The Labute approximate surface area is 351 Å². The molecular weight excluding hydrogens is 806 g/mol. The van der Waals surface area contributed by atoms with Gasteiger partial charge in [-0.3, -0.25) is 19.8 Å². The van der Waals surface area contributed by atoms with E-state index in [1.807, 2.05) is 24.4 Å². The Balaban J connectivity index is 0.935. The molecule has 2 unspecified atom stereocenters. The molecule has 17 heteroatoms. The Morgan fingerprint density at radius 2 is 1.87 bits per heavy atom. The molecule has 2 atom stereocenters. The second-order valence-electron chi connectivity index (χ2n) is 15.6. The maximum atomic E-state index is 13.9. The van der Waals surface area contributed by atoms with E-state index in [9.17, 15) is 23.3 Å². The van der Waals surface area contributed by atoms with Gasteiger partial charge in [0.2, 0.25) is 0 Å². The Morgan fingerprint density at radius 1 is 1.00 bits per heavy atom. The van der Waals surface area contributed by atoms with Crippen molar-refractivity contribution in [2.24, 2.45) is 5.92 Å². The molecule has 3 aliphatic rings. The van der Waals surface area contributed by atoms with E-state index >= 15 is 0 Å². The zero-order chi connectivity index (χ0) is 41.4. The summed E-state index contributed by atoms with van der Waals surface area (Å²) >= 11 is 6.65. The number of benzene rings is 3. The number of H-pyrrole nitrogens is 1. The third-order valence-corrected chi connectivity index (χ3v) is 13.6. The number of anilines is 2. The van der Waals surface area contributed by atoms with Gasteiger partial charge < -0.3 is 24.5 Å². The van der Waals surface area contributed by atoms with Crippen molar-refractivity contribution in [1.29, 1.82) is 0 Å². The normalized spacial score (nSPS) is 18.3. The molecule has 0 radical (unpaired) electrons. The van der Waals surface area contributed by atoms with Gasteiger partial charge in [-0.2, -0.15) is 0 Å². The second kappa shape index (κ2) is 16.6. The van der Waals surface area contributed by atoms with Crippen LogP contribution in [-0.4, -0.2) is 76.4 Å². The highest BCUT2D eigenvalue weighted by Gasteiger charge is 2.31. The van der Waals surface area contributed by atoms with Gasteiger partial charge in [0.25, 0.3) is 21.6 Å². The van der Waals surface area contributed by atoms with Crippen LogP contribution >= 0.6 is 11.6 Å². The summed E-state index contributed by atoms with van der Waals surface area (Å²) in [5, 5.41) is 16.9. The van der Waals surface area contributed by atoms with Gasteiger partial charge in [-0.1, -0.05) is 30.2 Å². The average Bonchev–Trinajstić information content (AvgIpc) is 3.87. The number of fused-ring (bicyclic) bond motifs is 3. The largest absolute Gasteiger partial charge is 0.455 e. The summed E-state index contributed by atoms with van der Waals surface area (Å²) in [5.74, 6) is 0.678. The molecule has 6 aromatic rings. The Morgan fingerprint density at radius 3 is 2.72 bits per heavy atom. The van der Waals surface area contributed by atoms with Crippen molar-refractivity contribution in [3.63, 3.8) is 0 Å². The summed E-state index contributed by atoms with van der Waals surface area (Å²) in [7, 11) is -4.57.